The molecule has 4 nitrogen and oxygen atoms in total. The molecule has 1 heterocycles. The maximum atomic E-state index is 11.3. The van der Waals surface area contributed by atoms with Gasteiger partial charge in [0.2, 0.25) is 5.91 Å². The molecule has 3 atom stereocenters. The summed E-state index contributed by atoms with van der Waals surface area (Å²) in [6, 6.07) is 1.17. The van der Waals surface area contributed by atoms with E-state index in [1.807, 2.05) is 6.92 Å². The van der Waals surface area contributed by atoms with Gasteiger partial charge in [0.25, 0.3) is 0 Å². The molecule has 0 aliphatic carbocycles. The fourth-order valence-corrected chi connectivity index (χ4v) is 2.84. The average molecular weight is 241 g/mol. The number of rotatable bonds is 7. The van der Waals surface area contributed by atoms with Crippen molar-refractivity contribution in [1.29, 1.82) is 0 Å². The number of hydrogen-bond donors (Lipinski definition) is 2. The molecule has 1 amide bonds. The molecule has 1 aliphatic rings. The third kappa shape index (κ3) is 3.96. The van der Waals surface area contributed by atoms with Crippen LogP contribution in [0.1, 0.15) is 46.5 Å². The summed E-state index contributed by atoms with van der Waals surface area (Å²) in [6.45, 7) is 8.29. The molecule has 1 fully saturated rings. The summed E-state index contributed by atoms with van der Waals surface area (Å²) in [5.74, 6) is -0.230. The highest BCUT2D eigenvalue weighted by Gasteiger charge is 2.29. The zero-order valence-corrected chi connectivity index (χ0v) is 11.4. The van der Waals surface area contributed by atoms with E-state index >= 15 is 0 Å². The van der Waals surface area contributed by atoms with E-state index in [-0.39, 0.29) is 11.9 Å². The molecule has 0 spiro atoms. The third-order valence-corrected chi connectivity index (χ3v) is 3.89. The highest BCUT2D eigenvalue weighted by Crippen LogP contribution is 2.26. The molecule has 3 unspecified atom stereocenters. The van der Waals surface area contributed by atoms with Crippen molar-refractivity contribution in [2.24, 2.45) is 5.73 Å². The number of carbonyl (C=O) groups excluding carboxylic acids is 1. The number of amides is 1. The van der Waals surface area contributed by atoms with Crippen molar-refractivity contribution in [2.75, 3.05) is 13.1 Å². The van der Waals surface area contributed by atoms with Gasteiger partial charge in [-0.15, -0.1) is 0 Å². The molecule has 4 heteroatoms. The van der Waals surface area contributed by atoms with Crippen LogP contribution in [-0.4, -0.2) is 42.0 Å². The molecule has 0 aromatic heterocycles. The monoisotopic (exact) mass is 241 g/mol. The summed E-state index contributed by atoms with van der Waals surface area (Å²) in [7, 11) is 0. The van der Waals surface area contributed by atoms with Crippen molar-refractivity contribution in [1.82, 2.24) is 10.2 Å². The van der Waals surface area contributed by atoms with Crippen molar-refractivity contribution in [3.05, 3.63) is 0 Å². The number of likely N-dealkylation sites (N-methyl/N-ethyl adjacent to an activating group) is 1. The normalized spacial score (nSPS) is 27.2. The van der Waals surface area contributed by atoms with Gasteiger partial charge in [0.05, 0.1) is 6.04 Å². The second-order valence-corrected chi connectivity index (χ2v) is 5.03. The highest BCUT2D eigenvalue weighted by atomic mass is 16.1. The van der Waals surface area contributed by atoms with Crippen LogP contribution in [-0.2, 0) is 4.79 Å². The topological polar surface area (TPSA) is 58.4 Å². The van der Waals surface area contributed by atoms with E-state index in [0.717, 1.165) is 19.5 Å². The van der Waals surface area contributed by atoms with E-state index in [1.54, 1.807) is 0 Å². The van der Waals surface area contributed by atoms with E-state index in [2.05, 4.69) is 24.1 Å². The number of likely N-dealkylation sites (tertiary alicyclic amines) is 1. The summed E-state index contributed by atoms with van der Waals surface area (Å²) >= 11 is 0. The van der Waals surface area contributed by atoms with Gasteiger partial charge in [0, 0.05) is 18.6 Å². The third-order valence-electron chi connectivity index (χ3n) is 3.89. The van der Waals surface area contributed by atoms with Crippen LogP contribution in [0.5, 0.6) is 0 Å². The molecule has 1 rings (SSSR count). The molecular formula is C13H27N3O. The van der Waals surface area contributed by atoms with Crippen LogP contribution in [0.3, 0.4) is 0 Å². The number of carbonyl (C=O) groups is 1. The van der Waals surface area contributed by atoms with Gasteiger partial charge in [-0.05, 0) is 39.2 Å². The Balaban J connectivity index is 2.44. The van der Waals surface area contributed by atoms with Gasteiger partial charge in [0.1, 0.15) is 0 Å². The molecule has 0 bridgehead atoms. The van der Waals surface area contributed by atoms with E-state index in [4.69, 9.17) is 5.73 Å². The lowest BCUT2D eigenvalue weighted by Gasteiger charge is -2.29. The smallest absolute Gasteiger partial charge is 0.234 e. The van der Waals surface area contributed by atoms with Crippen LogP contribution >= 0.6 is 0 Å². The SMILES string of the molecule is CCNC(CCN1C(C)CCC1CC)C(N)=O. The number of hydrogen-bond acceptors (Lipinski definition) is 3. The van der Waals surface area contributed by atoms with Gasteiger partial charge >= 0.3 is 0 Å². The summed E-state index contributed by atoms with van der Waals surface area (Å²) in [5.41, 5.74) is 5.39. The fraction of sp³-hybridized carbons (Fsp3) is 0.923. The van der Waals surface area contributed by atoms with Crippen molar-refractivity contribution in [2.45, 2.75) is 64.6 Å². The predicted octanol–water partition coefficient (Wildman–Crippen LogP) is 1.10. The molecule has 0 aromatic rings. The molecule has 1 saturated heterocycles. The quantitative estimate of drug-likeness (QED) is 0.702. The van der Waals surface area contributed by atoms with E-state index in [9.17, 15) is 4.79 Å². The standard InChI is InChI=1S/C13H27N3O/c1-4-11-7-6-10(3)16(11)9-8-12(13(14)17)15-5-2/h10-12,15H,4-9H2,1-3H3,(H2,14,17). The Morgan fingerprint density at radius 2 is 2.18 bits per heavy atom. The number of primary amides is 1. The van der Waals surface area contributed by atoms with Crippen LogP contribution in [0.4, 0.5) is 0 Å². The van der Waals surface area contributed by atoms with Gasteiger partial charge in [-0.25, -0.2) is 0 Å². The summed E-state index contributed by atoms with van der Waals surface area (Å²) in [6.07, 6.45) is 4.60. The Labute approximate surface area is 105 Å². The zero-order chi connectivity index (χ0) is 12.8. The van der Waals surface area contributed by atoms with Crippen LogP contribution in [0.15, 0.2) is 0 Å². The summed E-state index contributed by atoms with van der Waals surface area (Å²) in [4.78, 5) is 13.8. The number of nitrogens with two attached hydrogens (primary N) is 1. The molecule has 0 saturated carbocycles. The predicted molar refractivity (Wildman–Crippen MR) is 70.8 cm³/mol. The molecule has 100 valence electrons. The summed E-state index contributed by atoms with van der Waals surface area (Å²) in [5, 5.41) is 3.15. The molecular weight excluding hydrogens is 214 g/mol. The second-order valence-electron chi connectivity index (χ2n) is 5.03. The summed E-state index contributed by atoms with van der Waals surface area (Å²) < 4.78 is 0. The minimum absolute atomic E-state index is 0.176. The average Bonchev–Trinajstić information content (AvgIpc) is 2.65. The van der Waals surface area contributed by atoms with Crippen LogP contribution in [0.25, 0.3) is 0 Å². The first-order valence-corrected chi connectivity index (χ1v) is 6.88. The van der Waals surface area contributed by atoms with Crippen LogP contribution in [0, 0.1) is 0 Å². The first-order valence-electron chi connectivity index (χ1n) is 6.88. The highest BCUT2D eigenvalue weighted by molar-refractivity contribution is 5.79. The van der Waals surface area contributed by atoms with Gasteiger partial charge in [-0.1, -0.05) is 13.8 Å². The van der Waals surface area contributed by atoms with Gasteiger partial charge in [-0.2, -0.15) is 0 Å². The number of nitrogens with one attached hydrogen (secondary N) is 1. The first-order chi connectivity index (χ1) is 8.10. The van der Waals surface area contributed by atoms with Crippen molar-refractivity contribution in [3.8, 4) is 0 Å². The van der Waals surface area contributed by atoms with Gasteiger partial charge < -0.3 is 11.1 Å². The second kappa shape index (κ2) is 6.97. The lowest BCUT2D eigenvalue weighted by molar-refractivity contribution is -0.120. The largest absolute Gasteiger partial charge is 0.368 e. The zero-order valence-electron chi connectivity index (χ0n) is 11.4. The molecule has 3 N–H and O–H groups in total. The Kier molecular flexibility index (Phi) is 5.92. The van der Waals surface area contributed by atoms with E-state index < -0.39 is 0 Å². The van der Waals surface area contributed by atoms with E-state index in [0.29, 0.717) is 12.1 Å². The first kappa shape index (κ1) is 14.5. The Hall–Kier alpha value is -0.610. The van der Waals surface area contributed by atoms with Crippen molar-refractivity contribution in [3.63, 3.8) is 0 Å². The van der Waals surface area contributed by atoms with Crippen molar-refractivity contribution >= 4 is 5.91 Å². The van der Waals surface area contributed by atoms with Crippen molar-refractivity contribution < 1.29 is 4.79 Å². The minimum atomic E-state index is -0.230. The van der Waals surface area contributed by atoms with Gasteiger partial charge in [-0.3, -0.25) is 9.69 Å². The molecule has 1 aliphatic heterocycles. The maximum Gasteiger partial charge on any atom is 0.234 e. The van der Waals surface area contributed by atoms with Gasteiger partial charge in [0.15, 0.2) is 0 Å². The molecule has 17 heavy (non-hydrogen) atoms. The molecule has 0 aromatic carbocycles. The lowest BCUT2D eigenvalue weighted by Crippen LogP contribution is -2.45. The number of nitrogens with zero attached hydrogens (tertiary/aromatic N) is 1. The van der Waals surface area contributed by atoms with Crippen LogP contribution < -0.4 is 11.1 Å². The van der Waals surface area contributed by atoms with Crippen LogP contribution in [0.2, 0.25) is 0 Å². The molecule has 0 radical (unpaired) electrons. The fourth-order valence-electron chi connectivity index (χ4n) is 2.84. The Morgan fingerprint density at radius 3 is 2.71 bits per heavy atom. The van der Waals surface area contributed by atoms with E-state index in [1.165, 1.54) is 19.3 Å². The maximum absolute atomic E-state index is 11.3. The Morgan fingerprint density at radius 1 is 1.47 bits per heavy atom. The minimum Gasteiger partial charge on any atom is -0.368 e. The Bertz CT molecular complexity index is 245. The lowest BCUT2D eigenvalue weighted by atomic mass is 10.1.